The number of nitrogens with zero attached hydrogens (tertiary/aromatic N) is 3. The number of carbonyl (C=O) groups is 2. The number of Topliss-reactive ketones (excluding diaryl/α,β-unsaturated/α-hetero) is 1. The van der Waals surface area contributed by atoms with E-state index in [1.54, 1.807) is 42.9 Å². The highest BCUT2D eigenvalue weighted by atomic mass is 16.6. The summed E-state index contributed by atoms with van der Waals surface area (Å²) in [6.45, 7) is 1.63. The van der Waals surface area contributed by atoms with Gasteiger partial charge in [-0.2, -0.15) is 0 Å². The van der Waals surface area contributed by atoms with Crippen LogP contribution in [0.3, 0.4) is 0 Å². The first-order chi connectivity index (χ1) is 19.0. The highest BCUT2D eigenvalue weighted by molar-refractivity contribution is 6.46. The summed E-state index contributed by atoms with van der Waals surface area (Å²) in [6, 6.07) is 7.34. The van der Waals surface area contributed by atoms with Crippen LogP contribution in [0.15, 0.2) is 54.6 Å². The monoisotopic (exact) mass is 535 g/mol. The van der Waals surface area contributed by atoms with Crippen LogP contribution in [0, 0.1) is 0 Å². The molecule has 2 aromatic carbocycles. The fourth-order valence-corrected chi connectivity index (χ4v) is 4.91. The average Bonchev–Trinajstić information content (AvgIpc) is 3.58. The zero-order valence-corrected chi connectivity index (χ0v) is 21.9. The van der Waals surface area contributed by atoms with Gasteiger partial charge in [-0.3, -0.25) is 9.59 Å². The van der Waals surface area contributed by atoms with E-state index >= 15 is 0 Å². The Labute approximate surface area is 225 Å². The van der Waals surface area contributed by atoms with E-state index in [4.69, 9.17) is 23.7 Å². The van der Waals surface area contributed by atoms with Crippen LogP contribution in [0.5, 0.6) is 28.7 Å². The van der Waals surface area contributed by atoms with Crippen LogP contribution in [-0.2, 0) is 16.1 Å². The quantitative estimate of drug-likeness (QED) is 0.250. The van der Waals surface area contributed by atoms with Crippen LogP contribution >= 0.6 is 0 Å². The molecule has 3 heterocycles. The van der Waals surface area contributed by atoms with Crippen molar-refractivity contribution >= 4 is 17.4 Å². The number of hydrogen-bond donors (Lipinski definition) is 1. The summed E-state index contributed by atoms with van der Waals surface area (Å²) in [5.41, 5.74) is 0.798. The number of aryl methyl sites for hydroxylation is 1. The molecule has 3 aromatic rings. The molecule has 1 aromatic heterocycles. The van der Waals surface area contributed by atoms with Gasteiger partial charge in [-0.05, 0) is 42.3 Å². The maximum Gasteiger partial charge on any atom is 0.295 e. The van der Waals surface area contributed by atoms with Gasteiger partial charge >= 0.3 is 0 Å². The van der Waals surface area contributed by atoms with Crippen molar-refractivity contribution < 1.29 is 38.4 Å². The molecular formula is C28H29N3O8. The number of ketones is 1. The average molecular weight is 536 g/mol. The first kappa shape index (κ1) is 26.0. The topological polar surface area (TPSA) is 122 Å². The minimum absolute atomic E-state index is 0.0476. The summed E-state index contributed by atoms with van der Waals surface area (Å²) >= 11 is 0. The lowest BCUT2D eigenvalue weighted by atomic mass is 9.94. The summed E-state index contributed by atoms with van der Waals surface area (Å²) in [5.74, 6) is 0.254. The maximum absolute atomic E-state index is 13.5. The molecule has 11 nitrogen and oxygen atoms in total. The summed E-state index contributed by atoms with van der Waals surface area (Å²) in [6.07, 6.45) is 5.74. The normalized spacial score (nSPS) is 17.8. The van der Waals surface area contributed by atoms with Crippen LogP contribution < -0.4 is 23.7 Å². The maximum atomic E-state index is 13.5. The minimum Gasteiger partial charge on any atom is -0.507 e. The molecule has 204 valence electrons. The number of hydrogen-bond acceptors (Lipinski definition) is 9. The van der Waals surface area contributed by atoms with Crippen molar-refractivity contribution in [2.45, 2.75) is 19.0 Å². The number of fused-ring (bicyclic) bond motifs is 1. The molecule has 0 bridgehead atoms. The van der Waals surface area contributed by atoms with Crippen LogP contribution in [-0.4, -0.2) is 72.3 Å². The Kier molecular flexibility index (Phi) is 7.31. The summed E-state index contributed by atoms with van der Waals surface area (Å²) < 4.78 is 29.6. The van der Waals surface area contributed by atoms with Crippen LogP contribution in [0.25, 0.3) is 5.76 Å². The first-order valence-corrected chi connectivity index (χ1v) is 12.4. The van der Waals surface area contributed by atoms with Gasteiger partial charge in [0.25, 0.3) is 11.7 Å². The molecule has 0 saturated carbocycles. The number of likely N-dealkylation sites (tertiary alicyclic amines) is 1. The minimum atomic E-state index is -0.908. The molecule has 1 atom stereocenters. The summed E-state index contributed by atoms with van der Waals surface area (Å²) in [5, 5.41) is 11.5. The van der Waals surface area contributed by atoms with Gasteiger partial charge in [-0.15, -0.1) is 0 Å². The number of benzene rings is 2. The third kappa shape index (κ3) is 4.83. The predicted molar refractivity (Wildman–Crippen MR) is 139 cm³/mol. The molecule has 0 radical (unpaired) electrons. The van der Waals surface area contributed by atoms with Crippen molar-refractivity contribution in [2.75, 3.05) is 41.1 Å². The molecule has 11 heteroatoms. The van der Waals surface area contributed by atoms with Gasteiger partial charge in [0.2, 0.25) is 5.75 Å². The molecule has 1 saturated heterocycles. The Morgan fingerprint density at radius 3 is 2.36 bits per heavy atom. The standard InChI is InChI=1S/C28H29N3O8/c1-35-21-14-18(15-22(36-2)27(21)37-3)24-23(25(32)17-5-6-19-20(13-17)39-12-11-38-19)26(33)28(34)31(24)9-4-8-30-10-7-29-16-30/h5-7,10,13-16,24,32H,4,8-9,11-12H2,1-3H3/b25-23-. The largest absolute Gasteiger partial charge is 0.507 e. The molecule has 0 aliphatic carbocycles. The van der Waals surface area contributed by atoms with Gasteiger partial charge in [0.15, 0.2) is 23.0 Å². The second-order valence-corrected chi connectivity index (χ2v) is 8.96. The molecule has 1 unspecified atom stereocenters. The van der Waals surface area contributed by atoms with E-state index in [1.165, 1.54) is 26.2 Å². The molecule has 5 rings (SSSR count). The van der Waals surface area contributed by atoms with E-state index in [1.807, 2.05) is 10.8 Å². The second kappa shape index (κ2) is 11.0. The van der Waals surface area contributed by atoms with E-state index in [0.717, 1.165) is 0 Å². The van der Waals surface area contributed by atoms with Crippen molar-refractivity contribution in [1.82, 2.24) is 14.5 Å². The van der Waals surface area contributed by atoms with Gasteiger partial charge in [-0.1, -0.05) is 0 Å². The molecule has 1 N–H and O–H groups in total. The lowest BCUT2D eigenvalue weighted by Gasteiger charge is -2.27. The lowest BCUT2D eigenvalue weighted by molar-refractivity contribution is -0.139. The Morgan fingerprint density at radius 1 is 1.00 bits per heavy atom. The molecule has 1 fully saturated rings. The number of carbonyl (C=O) groups excluding carboxylic acids is 2. The molecule has 2 aliphatic rings. The number of methoxy groups -OCH3 is 3. The third-order valence-corrected chi connectivity index (χ3v) is 6.73. The van der Waals surface area contributed by atoms with E-state index in [2.05, 4.69) is 4.98 Å². The van der Waals surface area contributed by atoms with Crippen molar-refractivity contribution in [3.8, 4) is 28.7 Å². The zero-order chi connectivity index (χ0) is 27.5. The SMILES string of the molecule is COc1cc(C2/C(=C(/O)c3ccc4c(c3)OCCO4)C(=O)C(=O)N2CCCn2ccnc2)cc(OC)c1OC. The molecule has 1 amide bonds. The highest BCUT2D eigenvalue weighted by Crippen LogP contribution is 2.46. The van der Waals surface area contributed by atoms with Crippen molar-refractivity contribution in [3.63, 3.8) is 0 Å². The van der Waals surface area contributed by atoms with Crippen molar-refractivity contribution in [1.29, 1.82) is 0 Å². The number of aromatic nitrogens is 2. The third-order valence-electron chi connectivity index (χ3n) is 6.73. The second-order valence-electron chi connectivity index (χ2n) is 8.96. The number of imidazole rings is 1. The smallest absolute Gasteiger partial charge is 0.295 e. The van der Waals surface area contributed by atoms with E-state index in [0.29, 0.717) is 66.1 Å². The highest BCUT2D eigenvalue weighted by Gasteiger charge is 2.46. The molecule has 2 aliphatic heterocycles. The fraction of sp³-hybridized carbons (Fsp3) is 0.321. The van der Waals surface area contributed by atoms with Gasteiger partial charge < -0.3 is 38.3 Å². The number of aliphatic hydroxyl groups is 1. The van der Waals surface area contributed by atoms with Gasteiger partial charge in [0.05, 0.1) is 39.3 Å². The zero-order valence-electron chi connectivity index (χ0n) is 21.9. The van der Waals surface area contributed by atoms with E-state index < -0.39 is 17.7 Å². The lowest BCUT2D eigenvalue weighted by Crippen LogP contribution is -2.31. The Morgan fingerprint density at radius 2 is 1.72 bits per heavy atom. The number of ether oxygens (including phenoxy) is 5. The van der Waals surface area contributed by atoms with E-state index in [9.17, 15) is 14.7 Å². The van der Waals surface area contributed by atoms with Gasteiger partial charge in [0.1, 0.15) is 19.0 Å². The number of aliphatic hydroxyl groups excluding tert-OH is 1. The molecular weight excluding hydrogens is 506 g/mol. The van der Waals surface area contributed by atoms with Crippen molar-refractivity contribution in [3.05, 3.63) is 65.8 Å². The molecule has 0 spiro atoms. The van der Waals surface area contributed by atoms with Gasteiger partial charge in [0, 0.05) is 31.0 Å². The number of amides is 1. The Bertz CT molecular complexity index is 1390. The number of rotatable bonds is 9. The van der Waals surface area contributed by atoms with E-state index in [-0.39, 0.29) is 17.9 Å². The summed E-state index contributed by atoms with van der Waals surface area (Å²) in [7, 11) is 4.46. The molecule has 39 heavy (non-hydrogen) atoms. The first-order valence-electron chi connectivity index (χ1n) is 12.4. The van der Waals surface area contributed by atoms with Crippen LogP contribution in [0.4, 0.5) is 0 Å². The predicted octanol–water partition coefficient (Wildman–Crippen LogP) is 3.19. The fourth-order valence-electron chi connectivity index (χ4n) is 4.91. The van der Waals surface area contributed by atoms with Crippen LogP contribution in [0.1, 0.15) is 23.6 Å². The van der Waals surface area contributed by atoms with Crippen molar-refractivity contribution in [2.24, 2.45) is 0 Å². The summed E-state index contributed by atoms with van der Waals surface area (Å²) in [4.78, 5) is 32.3. The van der Waals surface area contributed by atoms with Crippen LogP contribution in [0.2, 0.25) is 0 Å². The Hall–Kier alpha value is -4.67. The Balaban J connectivity index is 1.61. The van der Waals surface area contributed by atoms with Gasteiger partial charge in [-0.25, -0.2) is 4.98 Å².